The monoisotopic (exact) mass is 479 g/mol. The minimum Gasteiger partial charge on any atom is -0.496 e. The molecule has 2 aliphatic heterocycles. The van der Waals surface area contributed by atoms with Crippen molar-refractivity contribution in [3.05, 3.63) is 53.6 Å². The fourth-order valence-corrected chi connectivity index (χ4v) is 4.61. The van der Waals surface area contributed by atoms with Gasteiger partial charge in [0.1, 0.15) is 11.8 Å². The van der Waals surface area contributed by atoms with Crippen molar-refractivity contribution in [2.24, 2.45) is 5.92 Å². The topological polar surface area (TPSA) is 106 Å². The van der Waals surface area contributed by atoms with Gasteiger partial charge in [-0.2, -0.15) is 0 Å². The van der Waals surface area contributed by atoms with Crippen LogP contribution in [0.1, 0.15) is 46.4 Å². The van der Waals surface area contributed by atoms with Gasteiger partial charge in [-0.3, -0.25) is 14.4 Å². The molecule has 35 heavy (non-hydrogen) atoms. The summed E-state index contributed by atoms with van der Waals surface area (Å²) in [5, 5.41) is 5.98. The molecule has 2 aromatic rings. The summed E-state index contributed by atoms with van der Waals surface area (Å²) in [6, 6.07) is 11.6. The molecule has 3 amide bonds. The Hall–Kier alpha value is -3.75. The van der Waals surface area contributed by atoms with Gasteiger partial charge in [0.15, 0.2) is 11.5 Å². The lowest BCUT2D eigenvalue weighted by atomic mass is 9.88. The van der Waals surface area contributed by atoms with Gasteiger partial charge < -0.3 is 29.7 Å². The van der Waals surface area contributed by atoms with Crippen molar-refractivity contribution in [3.8, 4) is 17.2 Å². The summed E-state index contributed by atoms with van der Waals surface area (Å²) in [5.74, 6) is 0.953. The molecule has 2 aromatic carbocycles. The van der Waals surface area contributed by atoms with Crippen LogP contribution in [0, 0.1) is 5.92 Å². The van der Waals surface area contributed by atoms with E-state index in [2.05, 4.69) is 10.6 Å². The number of para-hydroxylation sites is 1. The third-order valence-corrected chi connectivity index (χ3v) is 6.76. The molecule has 2 heterocycles. The van der Waals surface area contributed by atoms with Gasteiger partial charge in [-0.15, -0.1) is 0 Å². The molecule has 9 heteroatoms. The highest BCUT2D eigenvalue weighted by Crippen LogP contribution is 2.33. The number of hydrogen-bond donors (Lipinski definition) is 2. The van der Waals surface area contributed by atoms with Gasteiger partial charge >= 0.3 is 0 Å². The lowest BCUT2D eigenvalue weighted by Crippen LogP contribution is -2.54. The molecule has 1 saturated heterocycles. The minimum atomic E-state index is -0.683. The second-order valence-corrected chi connectivity index (χ2v) is 9.13. The number of amides is 3. The van der Waals surface area contributed by atoms with Gasteiger partial charge in [0.25, 0.3) is 11.8 Å². The molecule has 0 bridgehead atoms. The number of carbonyl (C=O) groups is 3. The maximum absolute atomic E-state index is 13.1. The zero-order valence-electron chi connectivity index (χ0n) is 19.6. The van der Waals surface area contributed by atoms with Crippen molar-refractivity contribution in [2.45, 2.75) is 37.8 Å². The number of methoxy groups -OCH3 is 1. The van der Waals surface area contributed by atoms with Crippen LogP contribution in [0.3, 0.4) is 0 Å². The zero-order chi connectivity index (χ0) is 24.4. The molecule has 0 radical (unpaired) electrons. The van der Waals surface area contributed by atoms with Crippen LogP contribution in [0.4, 0.5) is 0 Å². The average molecular weight is 480 g/mol. The Kier molecular flexibility index (Phi) is 6.48. The molecule has 5 rings (SSSR count). The second-order valence-electron chi connectivity index (χ2n) is 9.13. The van der Waals surface area contributed by atoms with Gasteiger partial charge in [-0.25, -0.2) is 0 Å². The van der Waals surface area contributed by atoms with Crippen LogP contribution >= 0.6 is 0 Å². The van der Waals surface area contributed by atoms with E-state index < -0.39 is 6.04 Å². The first-order valence-electron chi connectivity index (χ1n) is 12.0. The number of fused-ring (bicyclic) bond motifs is 1. The Bertz CT molecular complexity index is 1120. The van der Waals surface area contributed by atoms with E-state index in [1.807, 2.05) is 12.1 Å². The van der Waals surface area contributed by atoms with Crippen molar-refractivity contribution in [1.82, 2.24) is 15.5 Å². The summed E-state index contributed by atoms with van der Waals surface area (Å²) in [7, 11) is 1.55. The highest BCUT2D eigenvalue weighted by Gasteiger charge is 2.36. The van der Waals surface area contributed by atoms with Gasteiger partial charge in [-0.1, -0.05) is 12.1 Å². The van der Waals surface area contributed by atoms with Crippen molar-refractivity contribution >= 4 is 17.7 Å². The van der Waals surface area contributed by atoms with Crippen LogP contribution in [0.15, 0.2) is 42.5 Å². The predicted octanol–water partition coefficient (Wildman–Crippen LogP) is 2.35. The van der Waals surface area contributed by atoms with Gasteiger partial charge in [0, 0.05) is 24.7 Å². The number of benzene rings is 2. The Morgan fingerprint density at radius 3 is 2.49 bits per heavy atom. The molecule has 0 spiro atoms. The summed E-state index contributed by atoms with van der Waals surface area (Å²) in [4.78, 5) is 41.0. The maximum Gasteiger partial charge on any atom is 0.257 e. The summed E-state index contributed by atoms with van der Waals surface area (Å²) in [5.41, 5.74) is 0.926. The van der Waals surface area contributed by atoms with Gasteiger partial charge in [0.05, 0.1) is 12.7 Å². The van der Waals surface area contributed by atoms with Crippen LogP contribution in [-0.2, 0) is 4.79 Å². The Morgan fingerprint density at radius 1 is 1.00 bits per heavy atom. The van der Waals surface area contributed by atoms with E-state index in [9.17, 15) is 14.4 Å². The fraction of sp³-hybridized carbons (Fsp3) is 0.423. The lowest BCUT2D eigenvalue weighted by Gasteiger charge is -2.36. The van der Waals surface area contributed by atoms with E-state index in [1.54, 1.807) is 42.3 Å². The van der Waals surface area contributed by atoms with E-state index in [0.717, 1.165) is 12.8 Å². The molecule has 0 unspecified atom stereocenters. The molecule has 0 aromatic heterocycles. The number of ether oxygens (including phenoxy) is 3. The van der Waals surface area contributed by atoms with Gasteiger partial charge in [-0.05, 0) is 61.9 Å². The normalized spacial score (nSPS) is 18.0. The van der Waals surface area contributed by atoms with E-state index in [-0.39, 0.29) is 36.5 Å². The first kappa shape index (κ1) is 23.0. The number of nitrogens with one attached hydrogen (secondary N) is 2. The number of rotatable bonds is 7. The highest BCUT2D eigenvalue weighted by molar-refractivity contribution is 5.98. The fourth-order valence-electron chi connectivity index (χ4n) is 4.61. The predicted molar refractivity (Wildman–Crippen MR) is 127 cm³/mol. The molecule has 2 fully saturated rings. The third-order valence-electron chi connectivity index (χ3n) is 6.76. The van der Waals surface area contributed by atoms with Crippen LogP contribution in [0.25, 0.3) is 0 Å². The van der Waals surface area contributed by atoms with Crippen molar-refractivity contribution in [3.63, 3.8) is 0 Å². The number of piperidine rings is 1. The van der Waals surface area contributed by atoms with Crippen LogP contribution in [0.2, 0.25) is 0 Å². The van der Waals surface area contributed by atoms with E-state index in [0.29, 0.717) is 54.3 Å². The van der Waals surface area contributed by atoms with Crippen molar-refractivity contribution < 1.29 is 28.6 Å². The highest BCUT2D eigenvalue weighted by atomic mass is 16.7. The van der Waals surface area contributed by atoms with Gasteiger partial charge in [0.2, 0.25) is 12.7 Å². The largest absolute Gasteiger partial charge is 0.496 e. The second kappa shape index (κ2) is 9.85. The Balaban J connectivity index is 1.27. The summed E-state index contributed by atoms with van der Waals surface area (Å²) < 4.78 is 16.0. The Morgan fingerprint density at radius 2 is 1.74 bits per heavy atom. The van der Waals surface area contributed by atoms with Crippen LogP contribution in [-0.4, -0.2) is 61.7 Å². The maximum atomic E-state index is 13.1. The molecular formula is C26H29N3O6. The van der Waals surface area contributed by atoms with Crippen LogP contribution in [0.5, 0.6) is 17.2 Å². The number of carbonyl (C=O) groups excluding carboxylic acids is 3. The molecule has 3 aliphatic rings. The summed E-state index contributed by atoms with van der Waals surface area (Å²) in [6.07, 6.45) is 3.12. The first-order valence-corrected chi connectivity index (χ1v) is 12.0. The summed E-state index contributed by atoms with van der Waals surface area (Å²) in [6.45, 7) is 1.11. The van der Waals surface area contributed by atoms with Crippen molar-refractivity contribution in [2.75, 3.05) is 27.0 Å². The van der Waals surface area contributed by atoms with E-state index in [4.69, 9.17) is 14.2 Å². The van der Waals surface area contributed by atoms with Crippen molar-refractivity contribution in [1.29, 1.82) is 0 Å². The average Bonchev–Trinajstić information content (AvgIpc) is 3.58. The molecule has 2 N–H and O–H groups in total. The molecule has 184 valence electrons. The SMILES string of the molecule is COc1ccccc1C(=O)N1CCC([C@H](NC(=O)c2ccc3c(c2)OCO3)C(=O)NC2CC2)CC1. The molecule has 1 aliphatic carbocycles. The number of nitrogens with zero attached hydrogens (tertiary/aromatic N) is 1. The lowest BCUT2D eigenvalue weighted by molar-refractivity contribution is -0.124. The smallest absolute Gasteiger partial charge is 0.257 e. The summed E-state index contributed by atoms with van der Waals surface area (Å²) >= 11 is 0. The molecule has 9 nitrogen and oxygen atoms in total. The number of hydrogen-bond acceptors (Lipinski definition) is 6. The minimum absolute atomic E-state index is 0.0894. The zero-order valence-corrected chi connectivity index (χ0v) is 19.6. The first-order chi connectivity index (χ1) is 17.0. The molecule has 1 atom stereocenters. The molecule has 1 saturated carbocycles. The van der Waals surface area contributed by atoms with Crippen LogP contribution < -0.4 is 24.8 Å². The van der Waals surface area contributed by atoms with E-state index >= 15 is 0 Å². The standard InChI is InChI=1S/C26H29N3O6/c1-33-20-5-3-2-4-19(20)26(32)29-12-10-16(11-13-29)23(25(31)27-18-7-8-18)28-24(30)17-6-9-21-22(14-17)35-15-34-21/h2-6,9,14,16,18,23H,7-8,10-13,15H2,1H3,(H,27,31)(H,28,30)/t23-/m0/s1. The number of likely N-dealkylation sites (tertiary alicyclic amines) is 1. The quantitative estimate of drug-likeness (QED) is 0.632. The third kappa shape index (κ3) is 5.03. The van der Waals surface area contributed by atoms with E-state index in [1.165, 1.54) is 0 Å². The molecular weight excluding hydrogens is 450 g/mol. The Labute approximate surface area is 203 Å².